The number of Topliss-reactive ketones (excluding diaryl/α,β-unsaturated/α-hetero) is 1. The summed E-state index contributed by atoms with van der Waals surface area (Å²) in [6.07, 6.45) is 3.77. The molecule has 4 heteroatoms. The van der Waals surface area contributed by atoms with Gasteiger partial charge in [-0.25, -0.2) is 0 Å². The highest BCUT2D eigenvalue weighted by atomic mass is 28.4. The van der Waals surface area contributed by atoms with Gasteiger partial charge < -0.3 is 9.74 Å². The maximum atomic E-state index is 12.8. The molecule has 0 saturated carbocycles. The molecule has 0 radical (unpaired) electrons. The maximum Gasteiger partial charge on any atom is 0.261 e. The van der Waals surface area contributed by atoms with Crippen molar-refractivity contribution in [2.75, 3.05) is 6.61 Å². The third kappa shape index (κ3) is 5.41. The summed E-state index contributed by atoms with van der Waals surface area (Å²) >= 11 is 0. The van der Waals surface area contributed by atoms with Gasteiger partial charge in [0, 0.05) is 24.1 Å². The molecule has 2 atom stereocenters. The summed E-state index contributed by atoms with van der Waals surface area (Å²) in [5.41, 5.74) is 0.801. The molecule has 0 bridgehead atoms. The molecule has 0 aliphatic carbocycles. The third-order valence-corrected chi connectivity index (χ3v) is 12.0. The number of piperidine rings is 1. The second kappa shape index (κ2) is 10.8. The molecular formula is C30H37NO2Si. The molecular weight excluding hydrogens is 434 g/mol. The molecule has 1 aliphatic rings. The Balaban J connectivity index is 1.53. The molecule has 3 nitrogen and oxygen atoms in total. The van der Waals surface area contributed by atoms with Crippen LogP contribution in [0.15, 0.2) is 91.0 Å². The van der Waals surface area contributed by atoms with Crippen LogP contribution in [-0.2, 0) is 4.43 Å². The zero-order chi connectivity index (χ0) is 24.0. The van der Waals surface area contributed by atoms with Gasteiger partial charge in [0.1, 0.15) is 0 Å². The summed E-state index contributed by atoms with van der Waals surface area (Å²) in [6, 6.07) is 31.7. The fraction of sp³-hybridized carbons (Fsp3) is 0.367. The van der Waals surface area contributed by atoms with Gasteiger partial charge in [-0.1, -0.05) is 118 Å². The van der Waals surface area contributed by atoms with Crippen LogP contribution in [0.2, 0.25) is 5.04 Å². The van der Waals surface area contributed by atoms with E-state index in [0.717, 1.165) is 24.8 Å². The number of hydrogen-bond acceptors (Lipinski definition) is 3. The lowest BCUT2D eigenvalue weighted by Gasteiger charge is -2.44. The zero-order valence-electron chi connectivity index (χ0n) is 20.7. The Kier molecular flexibility index (Phi) is 7.82. The first-order chi connectivity index (χ1) is 16.4. The lowest BCUT2D eigenvalue weighted by Crippen LogP contribution is -2.67. The molecule has 3 aromatic carbocycles. The number of rotatable bonds is 8. The monoisotopic (exact) mass is 471 g/mol. The van der Waals surface area contributed by atoms with E-state index in [1.54, 1.807) is 0 Å². The van der Waals surface area contributed by atoms with E-state index in [-0.39, 0.29) is 22.9 Å². The molecule has 1 heterocycles. The average molecular weight is 472 g/mol. The lowest BCUT2D eigenvalue weighted by molar-refractivity contribution is 0.0952. The highest BCUT2D eigenvalue weighted by molar-refractivity contribution is 6.99. The fourth-order valence-corrected chi connectivity index (χ4v) is 9.96. The van der Waals surface area contributed by atoms with E-state index in [0.29, 0.717) is 13.0 Å². The van der Waals surface area contributed by atoms with Gasteiger partial charge in [0.25, 0.3) is 8.32 Å². The number of benzene rings is 3. The second-order valence-electron chi connectivity index (χ2n) is 10.5. The molecule has 3 aromatic rings. The standard InChI is InChI=1S/C30H37NO2Si/c1-30(2,3)34(27-18-9-5-10-19-27,28-20-11-6-12-21-28)33-23-26-17-13-16-25(31-26)22-29(32)24-14-7-4-8-15-24/h4-12,14-15,18-21,25-26,31H,13,16-17,22-23H2,1-3H3/t25-,26+/m0/s1. The molecule has 1 saturated heterocycles. The normalized spacial score (nSPS) is 19.0. The van der Waals surface area contributed by atoms with Gasteiger partial charge in [-0.3, -0.25) is 4.79 Å². The Morgan fingerprint density at radius 2 is 1.32 bits per heavy atom. The van der Waals surface area contributed by atoms with Crippen LogP contribution < -0.4 is 15.7 Å². The predicted octanol–water partition coefficient (Wildman–Crippen LogP) is 5.35. The second-order valence-corrected chi connectivity index (χ2v) is 14.8. The molecule has 0 aromatic heterocycles. The van der Waals surface area contributed by atoms with Gasteiger partial charge in [0.05, 0.1) is 6.61 Å². The van der Waals surface area contributed by atoms with Gasteiger partial charge in [0.2, 0.25) is 0 Å². The Bertz CT molecular complexity index is 1010. The maximum absolute atomic E-state index is 12.8. The predicted molar refractivity (Wildman–Crippen MR) is 144 cm³/mol. The summed E-state index contributed by atoms with van der Waals surface area (Å²) in [6.45, 7) is 7.60. The van der Waals surface area contributed by atoms with Crippen LogP contribution in [0, 0.1) is 0 Å². The summed E-state index contributed by atoms with van der Waals surface area (Å²) in [4.78, 5) is 12.8. The molecule has 0 amide bonds. The third-order valence-electron chi connectivity index (χ3n) is 7.02. The zero-order valence-corrected chi connectivity index (χ0v) is 21.7. The molecule has 1 aliphatic heterocycles. The quantitative estimate of drug-likeness (QED) is 0.356. The molecule has 1 fully saturated rings. The van der Waals surface area contributed by atoms with Crippen LogP contribution in [0.3, 0.4) is 0 Å². The van der Waals surface area contributed by atoms with Crippen molar-refractivity contribution in [2.24, 2.45) is 0 Å². The Labute approximate surface area is 205 Å². The van der Waals surface area contributed by atoms with E-state index in [4.69, 9.17) is 4.43 Å². The highest BCUT2D eigenvalue weighted by Gasteiger charge is 2.50. The lowest BCUT2D eigenvalue weighted by atomic mass is 9.94. The first kappa shape index (κ1) is 24.6. The van der Waals surface area contributed by atoms with E-state index >= 15 is 0 Å². The van der Waals surface area contributed by atoms with Crippen LogP contribution in [0.5, 0.6) is 0 Å². The number of ketones is 1. The minimum Gasteiger partial charge on any atom is -0.406 e. The molecule has 1 N–H and O–H groups in total. The highest BCUT2D eigenvalue weighted by Crippen LogP contribution is 2.37. The Hall–Kier alpha value is -2.53. The van der Waals surface area contributed by atoms with E-state index in [1.165, 1.54) is 10.4 Å². The number of hydrogen-bond donors (Lipinski definition) is 1. The van der Waals surface area contributed by atoms with Gasteiger partial charge in [-0.2, -0.15) is 0 Å². The van der Waals surface area contributed by atoms with E-state index < -0.39 is 8.32 Å². The van der Waals surface area contributed by atoms with Crippen LogP contribution in [0.4, 0.5) is 0 Å². The summed E-state index contributed by atoms with van der Waals surface area (Å²) < 4.78 is 7.14. The van der Waals surface area contributed by atoms with E-state index in [2.05, 4.69) is 86.8 Å². The van der Waals surface area contributed by atoms with Gasteiger partial charge in [0.15, 0.2) is 5.78 Å². The topological polar surface area (TPSA) is 38.3 Å². The van der Waals surface area contributed by atoms with Crippen LogP contribution in [0.1, 0.15) is 56.8 Å². The Morgan fingerprint density at radius 1 is 0.824 bits per heavy atom. The van der Waals surface area contributed by atoms with Crippen LogP contribution >= 0.6 is 0 Å². The molecule has 178 valence electrons. The number of carbonyl (C=O) groups excluding carboxylic acids is 1. The van der Waals surface area contributed by atoms with Crippen molar-refractivity contribution >= 4 is 24.5 Å². The van der Waals surface area contributed by atoms with Gasteiger partial charge in [-0.15, -0.1) is 0 Å². The first-order valence-corrected chi connectivity index (χ1v) is 14.4. The van der Waals surface area contributed by atoms with Crippen molar-refractivity contribution in [3.8, 4) is 0 Å². The first-order valence-electron chi connectivity index (χ1n) is 12.5. The van der Waals surface area contributed by atoms with E-state index in [1.807, 2.05) is 30.3 Å². The molecule has 34 heavy (non-hydrogen) atoms. The minimum atomic E-state index is -2.55. The summed E-state index contributed by atoms with van der Waals surface area (Å²) in [7, 11) is -2.55. The Morgan fingerprint density at radius 3 is 1.85 bits per heavy atom. The average Bonchev–Trinajstić information content (AvgIpc) is 2.86. The van der Waals surface area contributed by atoms with Gasteiger partial charge in [-0.05, 0) is 28.3 Å². The molecule has 4 rings (SSSR count). The van der Waals surface area contributed by atoms with Crippen LogP contribution in [-0.4, -0.2) is 32.8 Å². The molecule has 0 unspecified atom stereocenters. The summed E-state index contributed by atoms with van der Waals surface area (Å²) in [5, 5.41) is 6.33. The van der Waals surface area contributed by atoms with E-state index in [9.17, 15) is 4.79 Å². The number of nitrogens with one attached hydrogen (secondary N) is 1. The summed E-state index contributed by atoms with van der Waals surface area (Å²) in [5.74, 6) is 0.214. The van der Waals surface area contributed by atoms with Crippen molar-refractivity contribution in [2.45, 2.75) is 63.6 Å². The van der Waals surface area contributed by atoms with Crippen molar-refractivity contribution < 1.29 is 9.22 Å². The van der Waals surface area contributed by atoms with Crippen molar-refractivity contribution in [1.29, 1.82) is 0 Å². The minimum absolute atomic E-state index is 0.0347. The molecule has 0 spiro atoms. The smallest absolute Gasteiger partial charge is 0.261 e. The van der Waals surface area contributed by atoms with Crippen molar-refractivity contribution in [3.05, 3.63) is 96.6 Å². The van der Waals surface area contributed by atoms with Crippen molar-refractivity contribution in [3.63, 3.8) is 0 Å². The fourth-order valence-electron chi connectivity index (χ4n) is 5.36. The number of carbonyl (C=O) groups is 1. The van der Waals surface area contributed by atoms with Crippen LogP contribution in [0.25, 0.3) is 0 Å². The van der Waals surface area contributed by atoms with Crippen molar-refractivity contribution in [1.82, 2.24) is 5.32 Å². The largest absolute Gasteiger partial charge is 0.406 e. The SMILES string of the molecule is CC(C)(C)[Si](OC[C@H]1CCC[C@@H](CC(=O)c2ccccc2)N1)(c1ccccc1)c1ccccc1. The van der Waals surface area contributed by atoms with Gasteiger partial charge >= 0.3 is 0 Å².